The smallest absolute Gasteiger partial charge is 0.323 e. The Morgan fingerprint density at radius 2 is 2.26 bits per heavy atom. The van der Waals surface area contributed by atoms with Gasteiger partial charge in [0.05, 0.1) is 18.1 Å². The van der Waals surface area contributed by atoms with E-state index in [0.717, 1.165) is 0 Å². The fourth-order valence-corrected chi connectivity index (χ4v) is 1.55. The van der Waals surface area contributed by atoms with E-state index in [9.17, 15) is 14.9 Å². The van der Waals surface area contributed by atoms with Crippen LogP contribution in [0.3, 0.4) is 0 Å². The van der Waals surface area contributed by atoms with Gasteiger partial charge in [-0.2, -0.15) is 0 Å². The number of hydrogen-bond donors (Lipinski definition) is 1. The highest BCUT2D eigenvalue weighted by molar-refractivity contribution is 5.74. The molecule has 0 fully saturated rings. The standard InChI is InChI=1S/C12H14N2O5/c1-3-4-13(8-12(15)16)9-5-10(14(17)18)7-11(6-9)19-2/h3,5-7H,1,4,8H2,2H3,(H,15,16). The molecule has 0 unspecified atom stereocenters. The van der Waals surface area contributed by atoms with Crippen molar-refractivity contribution in [3.63, 3.8) is 0 Å². The average molecular weight is 266 g/mol. The first-order valence-electron chi connectivity index (χ1n) is 5.39. The molecule has 0 spiro atoms. The Bertz CT molecular complexity index is 501. The van der Waals surface area contributed by atoms with Gasteiger partial charge in [-0.15, -0.1) is 6.58 Å². The lowest BCUT2D eigenvalue weighted by molar-refractivity contribution is -0.384. The van der Waals surface area contributed by atoms with Gasteiger partial charge in [0.1, 0.15) is 12.3 Å². The monoisotopic (exact) mass is 266 g/mol. The zero-order valence-corrected chi connectivity index (χ0v) is 10.4. The highest BCUT2D eigenvalue weighted by atomic mass is 16.6. The van der Waals surface area contributed by atoms with E-state index < -0.39 is 10.9 Å². The van der Waals surface area contributed by atoms with Crippen molar-refractivity contribution >= 4 is 17.3 Å². The maximum Gasteiger partial charge on any atom is 0.323 e. The molecule has 7 heteroatoms. The second-order valence-corrected chi connectivity index (χ2v) is 3.71. The molecule has 0 amide bonds. The van der Waals surface area contributed by atoms with Crippen molar-refractivity contribution in [1.29, 1.82) is 0 Å². The van der Waals surface area contributed by atoms with Gasteiger partial charge in [-0.05, 0) is 0 Å². The van der Waals surface area contributed by atoms with E-state index in [-0.39, 0.29) is 18.8 Å². The molecule has 1 N–H and O–H groups in total. The Balaban J connectivity index is 3.20. The summed E-state index contributed by atoms with van der Waals surface area (Å²) in [6.45, 7) is 3.51. The van der Waals surface area contributed by atoms with Gasteiger partial charge in [-0.3, -0.25) is 14.9 Å². The number of carboxylic acid groups (broad SMARTS) is 1. The van der Waals surface area contributed by atoms with Crippen LogP contribution in [-0.4, -0.2) is 36.2 Å². The third-order valence-corrected chi connectivity index (χ3v) is 2.36. The molecule has 1 aromatic rings. The summed E-state index contributed by atoms with van der Waals surface area (Å²) in [7, 11) is 1.39. The SMILES string of the molecule is C=CCN(CC(=O)O)c1cc(OC)cc([N+](=O)[O-])c1. The van der Waals surface area contributed by atoms with Crippen molar-refractivity contribution in [3.8, 4) is 5.75 Å². The number of aliphatic carboxylic acids is 1. The Hall–Kier alpha value is -2.57. The van der Waals surface area contributed by atoms with Crippen molar-refractivity contribution in [1.82, 2.24) is 0 Å². The van der Waals surface area contributed by atoms with Gasteiger partial charge in [-0.1, -0.05) is 6.08 Å². The largest absolute Gasteiger partial charge is 0.496 e. The van der Waals surface area contributed by atoms with Crippen LogP contribution >= 0.6 is 0 Å². The topological polar surface area (TPSA) is 92.9 Å². The van der Waals surface area contributed by atoms with E-state index in [4.69, 9.17) is 9.84 Å². The number of benzene rings is 1. The molecule has 1 aromatic carbocycles. The number of non-ortho nitro benzene ring substituents is 1. The summed E-state index contributed by atoms with van der Waals surface area (Å²) in [6.07, 6.45) is 1.52. The lowest BCUT2D eigenvalue weighted by Crippen LogP contribution is -2.29. The van der Waals surface area contributed by atoms with Crippen LogP contribution in [0.1, 0.15) is 0 Å². The van der Waals surface area contributed by atoms with Crippen molar-refractivity contribution in [2.45, 2.75) is 0 Å². The van der Waals surface area contributed by atoms with Crippen LogP contribution in [0, 0.1) is 10.1 Å². The van der Waals surface area contributed by atoms with Gasteiger partial charge in [0.25, 0.3) is 5.69 Å². The Morgan fingerprint density at radius 3 is 2.74 bits per heavy atom. The summed E-state index contributed by atoms with van der Waals surface area (Å²) in [5, 5.41) is 19.7. The number of carbonyl (C=O) groups is 1. The fourth-order valence-electron chi connectivity index (χ4n) is 1.55. The van der Waals surface area contributed by atoms with Crippen LogP contribution in [-0.2, 0) is 4.79 Å². The summed E-state index contributed by atoms with van der Waals surface area (Å²) >= 11 is 0. The van der Waals surface area contributed by atoms with Crippen LogP contribution in [0.15, 0.2) is 30.9 Å². The highest BCUT2D eigenvalue weighted by Gasteiger charge is 2.16. The van der Waals surface area contributed by atoms with Gasteiger partial charge in [-0.25, -0.2) is 0 Å². The second kappa shape index (κ2) is 6.39. The van der Waals surface area contributed by atoms with E-state index in [0.29, 0.717) is 11.4 Å². The quantitative estimate of drug-likeness (QED) is 0.458. The first-order valence-corrected chi connectivity index (χ1v) is 5.39. The van der Waals surface area contributed by atoms with E-state index in [1.807, 2.05) is 0 Å². The number of rotatable bonds is 7. The van der Waals surface area contributed by atoms with Crippen LogP contribution in [0.5, 0.6) is 5.75 Å². The molecular weight excluding hydrogens is 252 g/mol. The van der Waals surface area contributed by atoms with Gasteiger partial charge >= 0.3 is 5.97 Å². The molecule has 0 aliphatic heterocycles. The summed E-state index contributed by atoms with van der Waals surface area (Å²) in [5.74, 6) is -0.740. The summed E-state index contributed by atoms with van der Waals surface area (Å²) in [5.41, 5.74) is 0.238. The van der Waals surface area contributed by atoms with Crippen LogP contribution in [0.4, 0.5) is 11.4 Å². The number of ether oxygens (including phenoxy) is 1. The number of nitro benzene ring substituents is 1. The van der Waals surface area contributed by atoms with Gasteiger partial charge in [0.15, 0.2) is 0 Å². The van der Waals surface area contributed by atoms with Crippen LogP contribution in [0.25, 0.3) is 0 Å². The molecule has 0 aliphatic carbocycles. The van der Waals surface area contributed by atoms with Crippen LogP contribution in [0.2, 0.25) is 0 Å². The first-order chi connectivity index (χ1) is 8.97. The zero-order chi connectivity index (χ0) is 14.4. The Morgan fingerprint density at radius 1 is 1.58 bits per heavy atom. The number of nitrogens with zero attached hydrogens (tertiary/aromatic N) is 2. The predicted octanol–water partition coefficient (Wildman–Crippen LogP) is 1.68. The lowest BCUT2D eigenvalue weighted by Gasteiger charge is -2.21. The molecule has 0 saturated carbocycles. The Labute approximate surface area is 109 Å². The Kier molecular flexibility index (Phi) is 4.87. The molecule has 0 aromatic heterocycles. The van der Waals surface area contributed by atoms with E-state index in [1.54, 1.807) is 6.07 Å². The molecule has 7 nitrogen and oxygen atoms in total. The van der Waals surface area contributed by atoms with E-state index in [2.05, 4.69) is 6.58 Å². The number of methoxy groups -OCH3 is 1. The van der Waals surface area contributed by atoms with Gasteiger partial charge in [0.2, 0.25) is 0 Å². The maximum atomic E-state index is 10.8. The predicted molar refractivity (Wildman–Crippen MR) is 69.7 cm³/mol. The minimum Gasteiger partial charge on any atom is -0.496 e. The summed E-state index contributed by atoms with van der Waals surface area (Å²) < 4.78 is 4.97. The number of nitro groups is 1. The molecule has 0 aliphatic rings. The number of anilines is 1. The minimum absolute atomic E-state index is 0.159. The van der Waals surface area contributed by atoms with Crippen LogP contribution < -0.4 is 9.64 Å². The molecule has 0 radical (unpaired) electrons. The van der Waals surface area contributed by atoms with Crippen molar-refractivity contribution < 1.29 is 19.6 Å². The first kappa shape index (κ1) is 14.5. The molecular formula is C12H14N2O5. The molecule has 1 rings (SSSR count). The molecule has 102 valence electrons. The molecule has 0 heterocycles. The van der Waals surface area contributed by atoms with Gasteiger partial charge < -0.3 is 14.7 Å². The molecule has 0 bridgehead atoms. The fraction of sp³-hybridized carbons (Fsp3) is 0.250. The van der Waals surface area contributed by atoms with E-state index >= 15 is 0 Å². The number of hydrogen-bond acceptors (Lipinski definition) is 5. The molecule has 19 heavy (non-hydrogen) atoms. The van der Waals surface area contributed by atoms with Crippen molar-refractivity contribution in [2.24, 2.45) is 0 Å². The minimum atomic E-state index is -1.03. The zero-order valence-electron chi connectivity index (χ0n) is 10.4. The van der Waals surface area contributed by atoms with E-state index in [1.165, 1.54) is 30.2 Å². The highest BCUT2D eigenvalue weighted by Crippen LogP contribution is 2.28. The third-order valence-electron chi connectivity index (χ3n) is 2.36. The van der Waals surface area contributed by atoms with Crippen molar-refractivity contribution in [3.05, 3.63) is 41.0 Å². The second-order valence-electron chi connectivity index (χ2n) is 3.71. The lowest BCUT2D eigenvalue weighted by atomic mass is 10.2. The maximum absolute atomic E-state index is 10.8. The third kappa shape index (κ3) is 3.98. The normalized spacial score (nSPS) is 9.74. The molecule has 0 atom stereocenters. The van der Waals surface area contributed by atoms with Gasteiger partial charge in [0, 0.05) is 24.4 Å². The average Bonchev–Trinajstić information content (AvgIpc) is 2.37. The number of carboxylic acids is 1. The summed E-state index contributed by atoms with van der Waals surface area (Å²) in [4.78, 5) is 22.5. The molecule has 0 saturated heterocycles. The van der Waals surface area contributed by atoms with Crippen molar-refractivity contribution in [2.75, 3.05) is 25.1 Å². The summed E-state index contributed by atoms with van der Waals surface area (Å²) in [6, 6.07) is 4.12.